The molecule has 1 saturated heterocycles. The molecule has 1 unspecified atom stereocenters. The van der Waals surface area contributed by atoms with E-state index in [9.17, 15) is 4.79 Å². The Morgan fingerprint density at radius 3 is 2.60 bits per heavy atom. The van der Waals surface area contributed by atoms with E-state index < -0.39 is 0 Å². The molecule has 0 spiro atoms. The minimum absolute atomic E-state index is 0.172. The van der Waals surface area contributed by atoms with Crippen LogP contribution in [0.4, 0.5) is 0 Å². The van der Waals surface area contributed by atoms with E-state index in [2.05, 4.69) is 40.2 Å². The second kappa shape index (κ2) is 9.09. The number of nitrogens with zero attached hydrogens (tertiary/aromatic N) is 3. The van der Waals surface area contributed by atoms with Crippen molar-refractivity contribution in [1.82, 2.24) is 14.8 Å². The highest BCUT2D eigenvalue weighted by Gasteiger charge is 2.33. The third-order valence-corrected chi connectivity index (χ3v) is 5.76. The van der Waals surface area contributed by atoms with Gasteiger partial charge in [0.2, 0.25) is 5.91 Å². The van der Waals surface area contributed by atoms with Crippen LogP contribution in [0.15, 0.2) is 73.1 Å². The molecule has 4 rings (SSSR count). The molecule has 154 valence electrons. The number of likely N-dealkylation sites (N-methyl/N-ethyl adjacent to an activating group) is 1. The molecule has 30 heavy (non-hydrogen) atoms. The molecule has 0 radical (unpaired) electrons. The van der Waals surface area contributed by atoms with Gasteiger partial charge < -0.3 is 9.64 Å². The Balaban J connectivity index is 1.59. The summed E-state index contributed by atoms with van der Waals surface area (Å²) in [6.07, 6.45) is 4.28. The largest absolute Gasteiger partial charge is 0.496 e. The first kappa shape index (κ1) is 20.1. The molecule has 2 aromatic carbocycles. The van der Waals surface area contributed by atoms with Gasteiger partial charge in [-0.25, -0.2) is 0 Å². The minimum Gasteiger partial charge on any atom is -0.496 e. The number of carbonyl (C=O) groups excluding carboxylic acids is 1. The Labute approximate surface area is 177 Å². The number of rotatable bonds is 6. The molecular weight excluding hydrogens is 374 g/mol. The molecule has 1 atom stereocenters. The van der Waals surface area contributed by atoms with Crippen LogP contribution in [0.2, 0.25) is 0 Å². The van der Waals surface area contributed by atoms with Gasteiger partial charge in [0.15, 0.2) is 0 Å². The molecule has 1 amide bonds. The molecule has 0 bridgehead atoms. The first-order chi connectivity index (χ1) is 14.7. The Bertz CT molecular complexity index is 1010. The van der Waals surface area contributed by atoms with Crippen molar-refractivity contribution in [2.45, 2.75) is 19.0 Å². The summed E-state index contributed by atoms with van der Waals surface area (Å²) >= 11 is 0. The molecule has 1 aromatic heterocycles. The lowest BCUT2D eigenvalue weighted by Gasteiger charge is -2.39. The van der Waals surface area contributed by atoms with Gasteiger partial charge >= 0.3 is 0 Å². The average Bonchev–Trinajstić information content (AvgIpc) is 2.80. The van der Waals surface area contributed by atoms with Crippen LogP contribution in [-0.4, -0.2) is 54.0 Å². The smallest absolute Gasteiger partial charge is 0.240 e. The van der Waals surface area contributed by atoms with E-state index in [4.69, 9.17) is 4.74 Å². The summed E-state index contributed by atoms with van der Waals surface area (Å²) < 4.78 is 5.53. The fraction of sp³-hybridized carbons (Fsp3) is 0.280. The van der Waals surface area contributed by atoms with Gasteiger partial charge in [0.05, 0.1) is 13.2 Å². The predicted molar refractivity (Wildman–Crippen MR) is 118 cm³/mol. The summed E-state index contributed by atoms with van der Waals surface area (Å²) in [6.45, 7) is 2.27. The molecule has 1 aliphatic heterocycles. The number of aromatic nitrogens is 1. The molecule has 0 saturated carbocycles. The maximum absolute atomic E-state index is 13.1. The first-order valence-electron chi connectivity index (χ1n) is 10.3. The quantitative estimate of drug-likeness (QED) is 0.633. The van der Waals surface area contributed by atoms with E-state index in [1.54, 1.807) is 19.5 Å². The van der Waals surface area contributed by atoms with Gasteiger partial charge in [-0.15, -0.1) is 0 Å². The van der Waals surface area contributed by atoms with Gasteiger partial charge in [-0.1, -0.05) is 42.5 Å². The highest BCUT2D eigenvalue weighted by Crippen LogP contribution is 2.25. The van der Waals surface area contributed by atoms with Crippen LogP contribution in [0.1, 0.15) is 11.1 Å². The number of hydrogen-bond donors (Lipinski definition) is 0. The summed E-state index contributed by atoms with van der Waals surface area (Å²) in [7, 11) is 3.58. The summed E-state index contributed by atoms with van der Waals surface area (Å²) in [4.78, 5) is 21.3. The zero-order chi connectivity index (χ0) is 20.9. The summed E-state index contributed by atoms with van der Waals surface area (Å²) in [5.41, 5.74) is 4.53. The Hall–Kier alpha value is -3.18. The average molecular weight is 402 g/mol. The monoisotopic (exact) mass is 401 g/mol. The first-order valence-corrected chi connectivity index (χ1v) is 10.3. The maximum atomic E-state index is 13.1. The molecule has 5 nitrogen and oxygen atoms in total. The van der Waals surface area contributed by atoms with Gasteiger partial charge in [0, 0.05) is 44.6 Å². The third kappa shape index (κ3) is 4.36. The normalized spacial score (nSPS) is 17.2. The highest BCUT2D eigenvalue weighted by molar-refractivity contribution is 5.83. The van der Waals surface area contributed by atoms with E-state index in [1.807, 2.05) is 42.3 Å². The zero-order valence-electron chi connectivity index (χ0n) is 17.5. The Morgan fingerprint density at radius 2 is 1.80 bits per heavy atom. The van der Waals surface area contributed by atoms with Crippen molar-refractivity contribution in [3.05, 3.63) is 84.2 Å². The van der Waals surface area contributed by atoms with Crippen LogP contribution in [0, 0.1) is 0 Å². The molecule has 5 heteroatoms. The number of methoxy groups -OCH3 is 1. The van der Waals surface area contributed by atoms with Crippen LogP contribution in [0.5, 0.6) is 5.75 Å². The van der Waals surface area contributed by atoms with E-state index in [1.165, 1.54) is 0 Å². The van der Waals surface area contributed by atoms with Crippen molar-refractivity contribution in [2.75, 3.05) is 27.2 Å². The fourth-order valence-corrected chi connectivity index (χ4v) is 4.06. The topological polar surface area (TPSA) is 45.7 Å². The molecule has 2 heterocycles. The van der Waals surface area contributed by atoms with Crippen LogP contribution >= 0.6 is 0 Å². The molecule has 1 aliphatic rings. The van der Waals surface area contributed by atoms with Gasteiger partial charge in [0.1, 0.15) is 5.75 Å². The van der Waals surface area contributed by atoms with Crippen LogP contribution < -0.4 is 4.74 Å². The lowest BCUT2D eigenvalue weighted by atomic mass is 9.97. The fourth-order valence-electron chi connectivity index (χ4n) is 4.06. The number of para-hydroxylation sites is 1. The lowest BCUT2D eigenvalue weighted by Crippen LogP contribution is -2.56. The SMILES string of the molecule is COc1ccccc1CN1CCN(C)C(=O)C1Cc1cccc(-c2ccncc2)c1. The van der Waals surface area contributed by atoms with Gasteiger partial charge in [-0.2, -0.15) is 0 Å². The van der Waals surface area contributed by atoms with Crippen molar-refractivity contribution in [1.29, 1.82) is 0 Å². The highest BCUT2D eigenvalue weighted by atomic mass is 16.5. The van der Waals surface area contributed by atoms with Crippen LogP contribution in [0.3, 0.4) is 0 Å². The van der Waals surface area contributed by atoms with E-state index in [0.717, 1.165) is 41.1 Å². The van der Waals surface area contributed by atoms with Crippen molar-refractivity contribution in [2.24, 2.45) is 0 Å². The van der Waals surface area contributed by atoms with E-state index in [0.29, 0.717) is 13.0 Å². The number of carbonyl (C=O) groups is 1. The van der Waals surface area contributed by atoms with Crippen molar-refractivity contribution < 1.29 is 9.53 Å². The predicted octanol–water partition coefficient (Wildman–Crippen LogP) is 3.64. The Morgan fingerprint density at radius 1 is 1.00 bits per heavy atom. The van der Waals surface area contributed by atoms with Gasteiger partial charge in [0.25, 0.3) is 0 Å². The van der Waals surface area contributed by atoms with E-state index >= 15 is 0 Å². The molecular formula is C25H27N3O2. The molecule has 0 N–H and O–H groups in total. The van der Waals surface area contributed by atoms with E-state index in [-0.39, 0.29) is 11.9 Å². The van der Waals surface area contributed by atoms with Crippen LogP contribution in [-0.2, 0) is 17.8 Å². The van der Waals surface area contributed by atoms with Crippen molar-refractivity contribution >= 4 is 5.91 Å². The standard InChI is InChI=1S/C25H27N3O2/c1-27-14-15-28(18-22-7-3-4-9-24(22)30-2)23(25(27)29)17-19-6-5-8-21(16-19)20-10-12-26-13-11-20/h3-13,16,23H,14-15,17-18H2,1-2H3. The lowest BCUT2D eigenvalue weighted by molar-refractivity contribution is -0.140. The number of hydrogen-bond acceptors (Lipinski definition) is 4. The number of amides is 1. The minimum atomic E-state index is -0.193. The number of benzene rings is 2. The molecule has 3 aromatic rings. The summed E-state index contributed by atoms with van der Waals surface area (Å²) in [6, 6.07) is 20.3. The molecule has 0 aliphatic carbocycles. The van der Waals surface area contributed by atoms with Crippen molar-refractivity contribution in [3.63, 3.8) is 0 Å². The Kier molecular flexibility index (Phi) is 6.10. The molecule has 1 fully saturated rings. The second-order valence-electron chi connectivity index (χ2n) is 7.70. The van der Waals surface area contributed by atoms with Gasteiger partial charge in [-0.3, -0.25) is 14.7 Å². The third-order valence-electron chi connectivity index (χ3n) is 5.76. The second-order valence-corrected chi connectivity index (χ2v) is 7.70. The van der Waals surface area contributed by atoms with Crippen LogP contribution in [0.25, 0.3) is 11.1 Å². The number of piperazine rings is 1. The summed E-state index contributed by atoms with van der Waals surface area (Å²) in [5, 5.41) is 0. The number of pyridine rings is 1. The van der Waals surface area contributed by atoms with Gasteiger partial charge in [-0.05, 0) is 41.3 Å². The number of ether oxygens (including phenoxy) is 1. The maximum Gasteiger partial charge on any atom is 0.240 e. The van der Waals surface area contributed by atoms with Crippen molar-refractivity contribution in [3.8, 4) is 16.9 Å². The summed E-state index contributed by atoms with van der Waals surface area (Å²) in [5.74, 6) is 1.03. The zero-order valence-corrected chi connectivity index (χ0v) is 17.5.